The maximum atomic E-state index is 12.1. The highest BCUT2D eigenvalue weighted by Gasteiger charge is 2.27. The van der Waals surface area contributed by atoms with E-state index in [1.165, 1.54) is 17.8 Å². The molecule has 1 unspecified atom stereocenters. The van der Waals surface area contributed by atoms with Crippen LogP contribution in [0.4, 0.5) is 0 Å². The van der Waals surface area contributed by atoms with Crippen LogP contribution in [0, 0.1) is 6.92 Å². The molecule has 1 aliphatic rings. The van der Waals surface area contributed by atoms with E-state index in [1.807, 2.05) is 12.1 Å². The molecule has 0 fully saturated rings. The summed E-state index contributed by atoms with van der Waals surface area (Å²) in [6.07, 6.45) is 0.276. The number of benzene rings is 1. The predicted octanol–water partition coefficient (Wildman–Crippen LogP) is 2.56. The van der Waals surface area contributed by atoms with Crippen LogP contribution in [0.2, 0.25) is 5.02 Å². The van der Waals surface area contributed by atoms with Crippen molar-refractivity contribution >= 4 is 29.3 Å². The topological polar surface area (TPSA) is 64.0 Å². The third-order valence-electron chi connectivity index (χ3n) is 3.64. The number of thioether (sulfide) groups is 1. The van der Waals surface area contributed by atoms with Crippen LogP contribution in [0.25, 0.3) is 0 Å². The van der Waals surface area contributed by atoms with Crippen molar-refractivity contribution in [3.8, 4) is 0 Å². The summed E-state index contributed by atoms with van der Waals surface area (Å²) in [5, 5.41) is 4.25. The van der Waals surface area contributed by atoms with E-state index in [0.717, 1.165) is 5.56 Å². The van der Waals surface area contributed by atoms with Crippen LogP contribution in [0.3, 0.4) is 0 Å². The molecule has 7 heteroatoms. The molecule has 0 spiro atoms. The molecule has 1 N–H and O–H groups in total. The van der Waals surface area contributed by atoms with Crippen molar-refractivity contribution in [2.24, 2.45) is 0 Å². The Balaban J connectivity index is 1.62. The lowest BCUT2D eigenvalue weighted by Gasteiger charge is -2.13. The summed E-state index contributed by atoms with van der Waals surface area (Å²) in [5.74, 6) is 0.617. The minimum absolute atomic E-state index is 0.0779. The monoisotopic (exact) mass is 349 g/mol. The fraction of sp³-hybridized carbons (Fsp3) is 0.312. The van der Waals surface area contributed by atoms with Crippen LogP contribution >= 0.6 is 23.4 Å². The fourth-order valence-electron chi connectivity index (χ4n) is 2.50. The number of carbonyl (C=O) groups excluding carboxylic acids is 1. The van der Waals surface area contributed by atoms with Gasteiger partial charge in [0.05, 0.1) is 6.04 Å². The van der Waals surface area contributed by atoms with Gasteiger partial charge in [-0.1, -0.05) is 35.5 Å². The largest absolute Gasteiger partial charge is 0.352 e. The van der Waals surface area contributed by atoms with E-state index in [-0.39, 0.29) is 23.9 Å². The second-order valence-electron chi connectivity index (χ2n) is 5.46. The minimum atomic E-state index is -0.138. The van der Waals surface area contributed by atoms with Gasteiger partial charge in [-0.05, 0) is 24.6 Å². The number of halogens is 1. The van der Waals surface area contributed by atoms with Crippen molar-refractivity contribution in [1.82, 2.24) is 14.9 Å². The molecule has 0 radical (unpaired) electrons. The van der Waals surface area contributed by atoms with Crippen LogP contribution < -0.4 is 10.9 Å². The summed E-state index contributed by atoms with van der Waals surface area (Å²) in [5.41, 5.74) is 1.60. The third kappa shape index (κ3) is 3.76. The van der Waals surface area contributed by atoms with Gasteiger partial charge in [0.2, 0.25) is 5.91 Å². The zero-order valence-electron chi connectivity index (χ0n) is 12.6. The van der Waals surface area contributed by atoms with Crippen LogP contribution in [0.5, 0.6) is 0 Å². The summed E-state index contributed by atoms with van der Waals surface area (Å²) in [7, 11) is 0. The Bertz CT molecular complexity index is 789. The number of fused-ring (bicyclic) bond motifs is 1. The van der Waals surface area contributed by atoms with Crippen molar-refractivity contribution in [1.29, 1.82) is 0 Å². The van der Waals surface area contributed by atoms with E-state index >= 15 is 0 Å². The molecule has 1 aromatic heterocycles. The highest BCUT2D eigenvalue weighted by molar-refractivity contribution is 7.99. The van der Waals surface area contributed by atoms with Gasteiger partial charge in [-0.25, -0.2) is 4.98 Å². The van der Waals surface area contributed by atoms with Crippen LogP contribution in [-0.4, -0.2) is 21.2 Å². The maximum Gasteiger partial charge on any atom is 0.254 e. The molecular formula is C16H16ClN3O2S. The standard InChI is InChI=1S/C16H16ClN3O2S/c1-10-6-15(22)20-13(9-23-16(20)19-10)7-14(21)18-8-11-2-4-12(17)5-3-11/h2-6,13H,7-9H2,1H3,(H,18,21). The van der Waals surface area contributed by atoms with E-state index in [1.54, 1.807) is 23.6 Å². The van der Waals surface area contributed by atoms with Crippen molar-refractivity contribution in [3.05, 3.63) is 57.0 Å². The molecule has 0 saturated heterocycles. The van der Waals surface area contributed by atoms with Gasteiger partial charge >= 0.3 is 0 Å². The quantitative estimate of drug-likeness (QED) is 0.862. The van der Waals surface area contributed by atoms with Crippen molar-refractivity contribution in [2.75, 3.05) is 5.75 Å². The molecule has 1 amide bonds. The Morgan fingerprint density at radius 2 is 2.17 bits per heavy atom. The van der Waals surface area contributed by atoms with E-state index in [0.29, 0.717) is 28.2 Å². The van der Waals surface area contributed by atoms with Crippen molar-refractivity contribution in [3.63, 3.8) is 0 Å². The second kappa shape index (κ2) is 6.76. The lowest BCUT2D eigenvalue weighted by Crippen LogP contribution is -2.30. The minimum Gasteiger partial charge on any atom is -0.352 e. The Morgan fingerprint density at radius 3 is 2.91 bits per heavy atom. The third-order valence-corrected chi connectivity index (χ3v) is 4.99. The first-order valence-corrected chi connectivity index (χ1v) is 8.63. The summed E-state index contributed by atoms with van der Waals surface area (Å²) >= 11 is 7.35. The Hall–Kier alpha value is -1.79. The highest BCUT2D eigenvalue weighted by Crippen LogP contribution is 2.31. The van der Waals surface area contributed by atoms with Crippen molar-refractivity contribution in [2.45, 2.75) is 31.1 Å². The molecule has 1 aromatic carbocycles. The lowest BCUT2D eigenvalue weighted by atomic mass is 10.2. The van der Waals surface area contributed by atoms with Gasteiger partial charge in [0, 0.05) is 35.5 Å². The van der Waals surface area contributed by atoms with Gasteiger partial charge in [0.1, 0.15) is 0 Å². The molecule has 2 heterocycles. The molecular weight excluding hydrogens is 334 g/mol. The normalized spacial score (nSPS) is 16.2. The number of hydrogen-bond donors (Lipinski definition) is 1. The molecule has 120 valence electrons. The second-order valence-corrected chi connectivity index (χ2v) is 6.88. The van der Waals surface area contributed by atoms with Gasteiger partial charge in [-0.2, -0.15) is 0 Å². The SMILES string of the molecule is Cc1cc(=O)n2c(n1)SCC2CC(=O)NCc1ccc(Cl)cc1. The highest BCUT2D eigenvalue weighted by atomic mass is 35.5. The lowest BCUT2D eigenvalue weighted by molar-refractivity contribution is -0.121. The first-order chi connectivity index (χ1) is 11.0. The molecule has 1 atom stereocenters. The van der Waals surface area contributed by atoms with Crippen molar-refractivity contribution < 1.29 is 4.79 Å². The van der Waals surface area contributed by atoms with Gasteiger partial charge in [0.25, 0.3) is 5.56 Å². The Morgan fingerprint density at radius 1 is 1.43 bits per heavy atom. The van der Waals surface area contributed by atoms with E-state index in [9.17, 15) is 9.59 Å². The number of carbonyl (C=O) groups is 1. The number of aryl methyl sites for hydroxylation is 1. The molecule has 0 bridgehead atoms. The zero-order valence-corrected chi connectivity index (χ0v) is 14.2. The Labute approximate surface area is 143 Å². The maximum absolute atomic E-state index is 12.1. The summed E-state index contributed by atoms with van der Waals surface area (Å²) in [6.45, 7) is 2.25. The van der Waals surface area contributed by atoms with Crippen LogP contribution in [0.15, 0.2) is 40.3 Å². The zero-order chi connectivity index (χ0) is 16.4. The number of hydrogen-bond acceptors (Lipinski definition) is 4. The average molecular weight is 350 g/mol. The van der Waals surface area contributed by atoms with Crippen LogP contribution in [0.1, 0.15) is 23.7 Å². The number of amides is 1. The smallest absolute Gasteiger partial charge is 0.254 e. The summed E-state index contributed by atoms with van der Waals surface area (Å²) in [6, 6.07) is 8.71. The average Bonchev–Trinajstić information content (AvgIpc) is 2.89. The molecule has 1 aliphatic heterocycles. The molecule has 23 heavy (non-hydrogen) atoms. The molecule has 3 rings (SSSR count). The summed E-state index contributed by atoms with van der Waals surface area (Å²) < 4.78 is 1.62. The molecule has 5 nitrogen and oxygen atoms in total. The fourth-order valence-corrected chi connectivity index (χ4v) is 3.82. The van der Waals surface area contributed by atoms with E-state index in [2.05, 4.69) is 10.3 Å². The van der Waals surface area contributed by atoms with Gasteiger partial charge in [-0.3, -0.25) is 14.2 Å². The first-order valence-electron chi connectivity index (χ1n) is 7.27. The predicted molar refractivity (Wildman–Crippen MR) is 90.9 cm³/mol. The molecule has 0 aliphatic carbocycles. The molecule has 2 aromatic rings. The number of nitrogens with one attached hydrogen (secondary N) is 1. The molecule has 0 saturated carbocycles. The van der Waals surface area contributed by atoms with Gasteiger partial charge in [-0.15, -0.1) is 0 Å². The number of aromatic nitrogens is 2. The number of nitrogens with zero attached hydrogens (tertiary/aromatic N) is 2. The van der Waals surface area contributed by atoms with E-state index in [4.69, 9.17) is 11.6 Å². The first kappa shape index (κ1) is 16.1. The number of rotatable bonds is 4. The van der Waals surface area contributed by atoms with Crippen LogP contribution in [-0.2, 0) is 11.3 Å². The summed E-state index contributed by atoms with van der Waals surface area (Å²) in [4.78, 5) is 28.6. The van der Waals surface area contributed by atoms with Gasteiger partial charge in [0.15, 0.2) is 5.16 Å². The van der Waals surface area contributed by atoms with Gasteiger partial charge < -0.3 is 5.32 Å². The Kier molecular flexibility index (Phi) is 4.73. The van der Waals surface area contributed by atoms with E-state index < -0.39 is 0 Å².